The molecule has 13 nitrogen and oxygen atoms in total. The average Bonchev–Trinajstić information content (AvgIpc) is 3.62. The fraction of sp³-hybridized carbons (Fsp3) is 0.333. The first-order valence-corrected chi connectivity index (χ1v) is 13.7. The van der Waals surface area contributed by atoms with Crippen molar-refractivity contribution < 1.29 is 39.2 Å². The van der Waals surface area contributed by atoms with E-state index in [1.807, 2.05) is 30.3 Å². The van der Waals surface area contributed by atoms with Crippen molar-refractivity contribution in [2.24, 2.45) is 5.73 Å². The topological polar surface area (TPSA) is 217 Å². The highest BCUT2D eigenvalue weighted by Gasteiger charge is 2.29. The maximum absolute atomic E-state index is 11.4. The lowest BCUT2D eigenvalue weighted by Crippen LogP contribution is -2.46. The number of benzene rings is 2. The van der Waals surface area contributed by atoms with E-state index in [4.69, 9.17) is 35.8 Å². The van der Waals surface area contributed by atoms with Gasteiger partial charge in [-0.15, -0.1) is 12.4 Å². The van der Waals surface area contributed by atoms with Gasteiger partial charge in [0, 0.05) is 54.4 Å². The van der Waals surface area contributed by atoms with Crippen LogP contribution in [-0.2, 0) is 16.0 Å². The van der Waals surface area contributed by atoms with Crippen LogP contribution in [0.2, 0.25) is 0 Å². The zero-order valence-corrected chi connectivity index (χ0v) is 24.5. The highest BCUT2D eigenvalue weighted by molar-refractivity contribution is 5.95. The molecule has 0 radical (unpaired) electrons. The Morgan fingerprint density at radius 2 is 1.66 bits per heavy atom. The third-order valence-electron chi connectivity index (χ3n) is 7.35. The number of nitriles is 1. The summed E-state index contributed by atoms with van der Waals surface area (Å²) in [6.45, 7) is 5.13. The highest BCUT2D eigenvalue weighted by atomic mass is 35.5. The maximum Gasteiger partial charge on any atom is 0.335 e. The number of carboxylic acid groups (broad SMARTS) is 2. The zero-order chi connectivity index (χ0) is 31.1. The van der Waals surface area contributed by atoms with E-state index >= 15 is 0 Å². The predicted octanol–water partition coefficient (Wildman–Crippen LogP) is 2.33. The Morgan fingerprint density at radius 3 is 2.27 bits per heavy atom. The molecule has 3 heterocycles. The fourth-order valence-electron chi connectivity index (χ4n) is 4.95. The number of primary amides is 1. The third kappa shape index (κ3) is 8.27. The number of halogens is 1. The molecule has 1 saturated heterocycles. The maximum atomic E-state index is 11.4. The summed E-state index contributed by atoms with van der Waals surface area (Å²) in [6, 6.07) is 15.8. The molecule has 14 heteroatoms. The first-order valence-electron chi connectivity index (χ1n) is 13.7. The molecule has 44 heavy (non-hydrogen) atoms. The number of rotatable bonds is 10. The number of unbranched alkanes of at least 4 members (excludes halogenated alkanes) is 1. The number of hydrogen-bond acceptors (Lipinski definition) is 9. The molecule has 5 rings (SSSR count). The van der Waals surface area contributed by atoms with Crippen LogP contribution in [0, 0.1) is 11.3 Å². The smallest absolute Gasteiger partial charge is 0.335 e. The number of nitrogens with zero attached hydrogens (tertiary/aromatic N) is 3. The second kappa shape index (κ2) is 15.2. The van der Waals surface area contributed by atoms with Gasteiger partial charge in [0.2, 0.25) is 0 Å². The fourth-order valence-corrected chi connectivity index (χ4v) is 4.95. The van der Waals surface area contributed by atoms with Crippen molar-refractivity contribution in [1.29, 1.82) is 5.26 Å². The number of aliphatic carboxylic acids is 2. The van der Waals surface area contributed by atoms with Crippen molar-refractivity contribution in [2.75, 3.05) is 37.6 Å². The SMILES string of the molecule is Cl.N#Cc1ccc2[nH]cc(CCCCN3CCN(c4ccc5oc(C(N)=O)cc5c4)CC3)c2c1.O=C(O)[C@H](O)[C@@H](O)C(=O)O. The number of aryl methyl sites for hydroxylation is 1. The molecule has 7 N–H and O–H groups in total. The Hall–Kier alpha value is -4.61. The molecule has 1 aliphatic rings. The molecule has 2 aromatic carbocycles. The molecule has 2 aromatic heterocycles. The van der Waals surface area contributed by atoms with Gasteiger partial charge >= 0.3 is 11.9 Å². The van der Waals surface area contributed by atoms with Crippen molar-refractivity contribution in [3.05, 3.63) is 65.5 Å². The van der Waals surface area contributed by atoms with E-state index in [2.05, 4.69) is 33.1 Å². The number of aliphatic hydroxyl groups is 2. The van der Waals surface area contributed by atoms with Crippen LogP contribution in [0.15, 0.2) is 53.1 Å². The molecule has 2 atom stereocenters. The second-order valence-electron chi connectivity index (χ2n) is 10.2. The largest absolute Gasteiger partial charge is 0.479 e. The number of carboxylic acids is 2. The molecule has 1 aliphatic heterocycles. The van der Waals surface area contributed by atoms with Crippen LogP contribution in [-0.4, -0.2) is 93.1 Å². The first kappa shape index (κ1) is 33.9. The monoisotopic (exact) mass is 627 g/mol. The van der Waals surface area contributed by atoms with E-state index in [-0.39, 0.29) is 18.2 Å². The van der Waals surface area contributed by atoms with Gasteiger partial charge in [-0.05, 0) is 73.8 Å². The van der Waals surface area contributed by atoms with Crippen molar-refractivity contribution in [2.45, 2.75) is 31.5 Å². The molecule has 0 aliphatic carbocycles. The minimum absolute atomic E-state index is 0. The number of aliphatic hydroxyl groups excluding tert-OH is 2. The van der Waals surface area contributed by atoms with Gasteiger partial charge in [0.1, 0.15) is 5.58 Å². The lowest BCUT2D eigenvalue weighted by Gasteiger charge is -2.36. The number of carbonyl (C=O) groups is 3. The molecular formula is C30H34ClN5O8. The van der Waals surface area contributed by atoms with E-state index < -0.39 is 30.1 Å². The van der Waals surface area contributed by atoms with Crippen molar-refractivity contribution in [3.8, 4) is 6.07 Å². The van der Waals surface area contributed by atoms with Gasteiger partial charge in [-0.1, -0.05) is 0 Å². The van der Waals surface area contributed by atoms with E-state index in [9.17, 15) is 14.4 Å². The van der Waals surface area contributed by atoms with E-state index in [0.717, 1.165) is 68.6 Å². The Morgan fingerprint density at radius 1 is 0.977 bits per heavy atom. The molecule has 1 amide bonds. The van der Waals surface area contributed by atoms with E-state index in [0.29, 0.717) is 11.1 Å². The van der Waals surface area contributed by atoms with Gasteiger partial charge in [-0.3, -0.25) is 9.69 Å². The summed E-state index contributed by atoms with van der Waals surface area (Å²) in [5, 5.41) is 43.8. The van der Waals surface area contributed by atoms with Gasteiger partial charge in [0.05, 0.1) is 11.6 Å². The summed E-state index contributed by atoms with van der Waals surface area (Å²) >= 11 is 0. The summed E-state index contributed by atoms with van der Waals surface area (Å²) in [6.07, 6.45) is 0.848. The normalized spacial score (nSPS) is 14.6. The van der Waals surface area contributed by atoms with Gasteiger partial charge in [0.15, 0.2) is 18.0 Å². The zero-order valence-electron chi connectivity index (χ0n) is 23.7. The van der Waals surface area contributed by atoms with Crippen LogP contribution >= 0.6 is 12.4 Å². The van der Waals surface area contributed by atoms with Crippen LogP contribution in [0.3, 0.4) is 0 Å². The molecule has 0 spiro atoms. The number of anilines is 1. The number of aromatic amines is 1. The highest BCUT2D eigenvalue weighted by Crippen LogP contribution is 2.26. The number of nitrogens with one attached hydrogen (secondary N) is 1. The number of piperazine rings is 1. The number of furan rings is 1. The molecule has 1 fully saturated rings. The first-order chi connectivity index (χ1) is 20.6. The predicted molar refractivity (Wildman–Crippen MR) is 164 cm³/mol. The van der Waals surface area contributed by atoms with Crippen LogP contribution in [0.25, 0.3) is 21.9 Å². The average molecular weight is 628 g/mol. The Kier molecular flexibility index (Phi) is 11.7. The summed E-state index contributed by atoms with van der Waals surface area (Å²) in [7, 11) is 0. The number of aromatic nitrogens is 1. The molecule has 4 aromatic rings. The molecular weight excluding hydrogens is 594 g/mol. The minimum atomic E-state index is -2.27. The van der Waals surface area contributed by atoms with Gasteiger partial charge in [0.25, 0.3) is 5.91 Å². The summed E-state index contributed by atoms with van der Waals surface area (Å²) in [5.74, 6) is -3.88. The number of nitrogens with two attached hydrogens (primary N) is 1. The van der Waals surface area contributed by atoms with Crippen LogP contribution in [0.5, 0.6) is 0 Å². The molecule has 0 bridgehead atoms. The molecule has 0 saturated carbocycles. The van der Waals surface area contributed by atoms with Crippen molar-refractivity contribution in [3.63, 3.8) is 0 Å². The van der Waals surface area contributed by atoms with Crippen LogP contribution in [0.4, 0.5) is 5.69 Å². The van der Waals surface area contributed by atoms with Crippen LogP contribution < -0.4 is 10.6 Å². The number of H-pyrrole nitrogens is 1. The summed E-state index contributed by atoms with van der Waals surface area (Å²) in [4.78, 5) is 39.1. The number of hydrogen-bond donors (Lipinski definition) is 6. The summed E-state index contributed by atoms with van der Waals surface area (Å²) < 4.78 is 5.49. The van der Waals surface area contributed by atoms with Crippen LogP contribution in [0.1, 0.15) is 34.5 Å². The molecule has 234 valence electrons. The lowest BCUT2D eigenvalue weighted by molar-refractivity contribution is -0.165. The third-order valence-corrected chi connectivity index (χ3v) is 7.35. The Labute approximate surface area is 258 Å². The van der Waals surface area contributed by atoms with Crippen molar-refractivity contribution >= 4 is 57.8 Å². The molecule has 0 unspecified atom stereocenters. The lowest BCUT2D eigenvalue weighted by atomic mass is 10.1. The van der Waals surface area contributed by atoms with Gasteiger partial charge in [-0.2, -0.15) is 5.26 Å². The second-order valence-corrected chi connectivity index (χ2v) is 10.2. The van der Waals surface area contributed by atoms with Gasteiger partial charge in [-0.25, -0.2) is 9.59 Å². The standard InChI is InChI=1S/C26H27N5O2.C4H6O6.ClH/c27-16-18-4-6-23-22(13-18)19(17-29-23)3-1-2-8-30-9-11-31(12-10-30)21-5-7-24-20(14-21)15-25(33-24)26(28)32;5-1(3(7)8)2(6)4(9)10;/h4-7,13-15,17,29H,1-3,8-12H2,(H2,28,32);1-2,5-6H,(H,7,8)(H,9,10);1H/t;1-,2-;/m.1./s1. The van der Waals surface area contributed by atoms with Gasteiger partial charge < -0.3 is 40.5 Å². The summed E-state index contributed by atoms with van der Waals surface area (Å²) in [5.41, 5.74) is 10.3. The van der Waals surface area contributed by atoms with Crippen molar-refractivity contribution in [1.82, 2.24) is 9.88 Å². The van der Waals surface area contributed by atoms with E-state index in [1.54, 1.807) is 6.07 Å². The number of carbonyl (C=O) groups excluding carboxylic acids is 1. The number of amides is 1. The Balaban J connectivity index is 0.000000417. The Bertz CT molecular complexity index is 1640. The quantitative estimate of drug-likeness (QED) is 0.140. The minimum Gasteiger partial charge on any atom is -0.479 e. The number of fused-ring (bicyclic) bond motifs is 2. The van der Waals surface area contributed by atoms with E-state index in [1.165, 1.54) is 10.9 Å².